The summed E-state index contributed by atoms with van der Waals surface area (Å²) >= 11 is 0. The summed E-state index contributed by atoms with van der Waals surface area (Å²) in [6.45, 7) is 3.95. The normalized spacial score (nSPS) is 11.9. The zero-order chi connectivity index (χ0) is 20.6. The number of para-hydroxylation sites is 2. The summed E-state index contributed by atoms with van der Waals surface area (Å²) in [5, 5.41) is 26.7. The number of phenols is 2. The average molecular weight is 392 g/mol. The van der Waals surface area contributed by atoms with Crippen molar-refractivity contribution in [3.05, 3.63) is 71.8 Å². The van der Waals surface area contributed by atoms with Crippen molar-refractivity contribution in [1.29, 1.82) is 0 Å². The zero-order valence-corrected chi connectivity index (χ0v) is 16.7. The largest absolute Gasteiger partial charge is 0.505 e. The zero-order valence-electron chi connectivity index (χ0n) is 16.7. The molecule has 0 fully saturated rings. The molecule has 30 heavy (non-hydrogen) atoms. The van der Waals surface area contributed by atoms with E-state index in [1.807, 2.05) is 62.4 Å². The van der Waals surface area contributed by atoms with E-state index in [1.165, 1.54) is 0 Å². The van der Waals surface area contributed by atoms with Gasteiger partial charge in [0.25, 0.3) is 0 Å². The number of aryl methyl sites for hydroxylation is 2. The molecule has 146 valence electrons. The number of phenolic OH excluding ortho intramolecular Hbond substituents is 2. The van der Waals surface area contributed by atoms with E-state index in [-0.39, 0.29) is 11.5 Å². The lowest BCUT2D eigenvalue weighted by molar-refractivity contribution is 0.474. The quantitative estimate of drug-likeness (QED) is 0.253. The predicted molar refractivity (Wildman–Crippen MR) is 123 cm³/mol. The molecular weight excluding hydrogens is 372 g/mol. The van der Waals surface area contributed by atoms with Crippen LogP contribution in [0.15, 0.2) is 60.7 Å². The molecule has 0 aliphatic carbocycles. The number of hydrogen-bond acceptors (Lipinski definition) is 2. The Balaban J connectivity index is 1.73. The maximum absolute atomic E-state index is 11.3. The summed E-state index contributed by atoms with van der Waals surface area (Å²) in [5.41, 5.74) is 6.48. The molecule has 0 spiro atoms. The van der Waals surface area contributed by atoms with E-state index in [2.05, 4.69) is 22.1 Å². The number of fused-ring (bicyclic) bond motifs is 6. The molecular formula is C26H20N2O2. The summed E-state index contributed by atoms with van der Waals surface area (Å²) in [7, 11) is 0. The second-order valence-corrected chi connectivity index (χ2v) is 8.02. The molecule has 0 saturated heterocycles. The Labute approximate surface area is 172 Å². The first-order chi connectivity index (χ1) is 14.5. The Hall–Kier alpha value is -3.92. The molecule has 2 heterocycles. The van der Waals surface area contributed by atoms with Crippen LogP contribution >= 0.6 is 0 Å². The van der Waals surface area contributed by atoms with Crippen molar-refractivity contribution < 1.29 is 10.2 Å². The molecule has 0 amide bonds. The van der Waals surface area contributed by atoms with E-state index < -0.39 is 0 Å². The van der Waals surface area contributed by atoms with Gasteiger partial charge in [-0.3, -0.25) is 0 Å². The fourth-order valence-electron chi connectivity index (χ4n) is 4.83. The van der Waals surface area contributed by atoms with Gasteiger partial charge in [-0.15, -0.1) is 0 Å². The van der Waals surface area contributed by atoms with Crippen LogP contribution in [0.5, 0.6) is 11.5 Å². The van der Waals surface area contributed by atoms with Crippen molar-refractivity contribution in [2.45, 2.75) is 13.8 Å². The molecule has 0 aliphatic heterocycles. The SMILES string of the molecule is Cc1cc2c([nH]c3ccccc32)c(O)c1-c1c(C)cc2c([nH]c3ccccc32)c1O. The highest BCUT2D eigenvalue weighted by Crippen LogP contribution is 2.48. The third kappa shape index (κ3) is 2.10. The van der Waals surface area contributed by atoms with Crippen molar-refractivity contribution in [3.63, 3.8) is 0 Å². The van der Waals surface area contributed by atoms with Crippen LogP contribution in [-0.2, 0) is 0 Å². The fraction of sp³-hybridized carbons (Fsp3) is 0.0769. The maximum atomic E-state index is 11.3. The number of aromatic hydroxyl groups is 2. The Morgan fingerprint density at radius 1 is 0.567 bits per heavy atom. The lowest BCUT2D eigenvalue weighted by Gasteiger charge is -2.15. The number of aromatic amines is 2. The van der Waals surface area contributed by atoms with Gasteiger partial charge in [0, 0.05) is 43.7 Å². The molecule has 0 atom stereocenters. The van der Waals surface area contributed by atoms with Gasteiger partial charge in [0.1, 0.15) is 11.5 Å². The second kappa shape index (κ2) is 5.80. The first-order valence-electron chi connectivity index (χ1n) is 10.0. The topological polar surface area (TPSA) is 72.0 Å². The molecule has 0 bridgehead atoms. The van der Waals surface area contributed by atoms with Gasteiger partial charge in [-0.25, -0.2) is 0 Å². The molecule has 0 unspecified atom stereocenters. The van der Waals surface area contributed by atoms with Gasteiger partial charge in [0.05, 0.1) is 11.0 Å². The molecule has 4 nitrogen and oxygen atoms in total. The van der Waals surface area contributed by atoms with Crippen molar-refractivity contribution in [3.8, 4) is 22.6 Å². The fourth-order valence-corrected chi connectivity index (χ4v) is 4.83. The number of nitrogens with one attached hydrogen (secondary N) is 2. The third-order valence-electron chi connectivity index (χ3n) is 6.20. The number of benzene rings is 4. The first-order valence-corrected chi connectivity index (χ1v) is 10.0. The van der Waals surface area contributed by atoms with Crippen molar-refractivity contribution in [2.75, 3.05) is 0 Å². The third-order valence-corrected chi connectivity index (χ3v) is 6.20. The molecule has 4 N–H and O–H groups in total. The van der Waals surface area contributed by atoms with Crippen LogP contribution in [0.2, 0.25) is 0 Å². The highest BCUT2D eigenvalue weighted by atomic mass is 16.3. The highest BCUT2D eigenvalue weighted by Gasteiger charge is 2.22. The van der Waals surface area contributed by atoms with Gasteiger partial charge in [-0.05, 0) is 49.2 Å². The maximum Gasteiger partial charge on any atom is 0.147 e. The smallest absolute Gasteiger partial charge is 0.147 e. The monoisotopic (exact) mass is 392 g/mol. The molecule has 6 aromatic rings. The van der Waals surface area contributed by atoms with Crippen molar-refractivity contribution >= 4 is 43.6 Å². The number of hydrogen-bond donors (Lipinski definition) is 4. The van der Waals surface area contributed by atoms with E-state index in [0.29, 0.717) is 22.2 Å². The van der Waals surface area contributed by atoms with Crippen LogP contribution < -0.4 is 0 Å². The van der Waals surface area contributed by atoms with E-state index in [0.717, 1.165) is 43.7 Å². The summed E-state index contributed by atoms with van der Waals surface area (Å²) in [6.07, 6.45) is 0. The predicted octanol–water partition coefficient (Wildman–Crippen LogP) is 6.65. The van der Waals surface area contributed by atoms with Crippen molar-refractivity contribution in [1.82, 2.24) is 9.97 Å². The van der Waals surface area contributed by atoms with Gasteiger partial charge in [-0.2, -0.15) is 0 Å². The summed E-state index contributed by atoms with van der Waals surface area (Å²) in [5.74, 6) is 0.324. The van der Waals surface area contributed by atoms with Gasteiger partial charge in [0.15, 0.2) is 0 Å². The second-order valence-electron chi connectivity index (χ2n) is 8.02. The Bertz CT molecular complexity index is 1510. The Morgan fingerprint density at radius 2 is 0.967 bits per heavy atom. The van der Waals surface area contributed by atoms with Crippen LogP contribution in [-0.4, -0.2) is 20.2 Å². The Morgan fingerprint density at radius 3 is 1.40 bits per heavy atom. The summed E-state index contributed by atoms with van der Waals surface area (Å²) < 4.78 is 0. The lowest BCUT2D eigenvalue weighted by Crippen LogP contribution is -1.91. The molecule has 6 rings (SSSR count). The minimum Gasteiger partial charge on any atom is -0.505 e. The van der Waals surface area contributed by atoms with Gasteiger partial charge in [0.2, 0.25) is 0 Å². The summed E-state index contributed by atoms with van der Waals surface area (Å²) in [4.78, 5) is 6.68. The first kappa shape index (κ1) is 17.0. The molecule has 0 radical (unpaired) electrons. The number of aromatic nitrogens is 2. The van der Waals surface area contributed by atoms with E-state index in [9.17, 15) is 10.2 Å². The minimum atomic E-state index is 0.162. The average Bonchev–Trinajstić information content (AvgIpc) is 3.29. The van der Waals surface area contributed by atoms with Crippen molar-refractivity contribution in [2.24, 2.45) is 0 Å². The van der Waals surface area contributed by atoms with Crippen LogP contribution in [0.3, 0.4) is 0 Å². The number of H-pyrrole nitrogens is 2. The highest BCUT2D eigenvalue weighted by molar-refractivity contribution is 6.14. The van der Waals surface area contributed by atoms with Crippen LogP contribution in [0.1, 0.15) is 11.1 Å². The Kier molecular flexibility index (Phi) is 3.28. The van der Waals surface area contributed by atoms with Crippen LogP contribution in [0.4, 0.5) is 0 Å². The number of rotatable bonds is 1. The van der Waals surface area contributed by atoms with E-state index in [4.69, 9.17) is 0 Å². The van der Waals surface area contributed by atoms with E-state index >= 15 is 0 Å². The van der Waals surface area contributed by atoms with E-state index in [1.54, 1.807) is 0 Å². The molecule has 0 aliphatic rings. The summed E-state index contributed by atoms with van der Waals surface area (Å²) in [6, 6.07) is 20.2. The van der Waals surface area contributed by atoms with Gasteiger partial charge in [-0.1, -0.05) is 36.4 Å². The van der Waals surface area contributed by atoms with Crippen LogP contribution in [0, 0.1) is 13.8 Å². The minimum absolute atomic E-state index is 0.162. The molecule has 4 heteroatoms. The molecule has 2 aromatic heterocycles. The van der Waals surface area contributed by atoms with Gasteiger partial charge < -0.3 is 20.2 Å². The lowest BCUT2D eigenvalue weighted by atomic mass is 9.91. The molecule has 4 aromatic carbocycles. The van der Waals surface area contributed by atoms with Crippen LogP contribution in [0.25, 0.3) is 54.7 Å². The standard InChI is InChI=1S/C26H20N2O2/c1-13-11-17-15-7-3-5-9-19(15)27-23(17)25(29)21(13)22-14(2)12-18-16-8-4-6-10-20(16)28-24(18)26(22)30/h3-12,27-30H,1-2H3. The van der Waals surface area contributed by atoms with Gasteiger partial charge >= 0.3 is 0 Å². The molecule has 0 saturated carbocycles.